The second-order valence-electron chi connectivity index (χ2n) is 7.11. The zero-order valence-corrected chi connectivity index (χ0v) is 14.8. The number of carbonyl (C=O) groups excluding carboxylic acids is 2. The van der Waals surface area contributed by atoms with E-state index in [1.165, 1.54) is 19.3 Å². The van der Waals surface area contributed by atoms with Gasteiger partial charge in [0.1, 0.15) is 0 Å². The van der Waals surface area contributed by atoms with Crippen molar-refractivity contribution in [3.63, 3.8) is 0 Å². The van der Waals surface area contributed by atoms with Gasteiger partial charge in [0.15, 0.2) is 0 Å². The maximum absolute atomic E-state index is 12.3. The molecule has 0 spiro atoms. The molecule has 2 rings (SSSR count). The van der Waals surface area contributed by atoms with E-state index in [1.807, 2.05) is 12.1 Å². The Kier molecular flexibility index (Phi) is 6.37. The summed E-state index contributed by atoms with van der Waals surface area (Å²) >= 11 is 0. The normalized spacial score (nSPS) is 16.5. The van der Waals surface area contributed by atoms with Gasteiger partial charge in [0.25, 0.3) is 5.91 Å². The number of nitrogens with zero attached hydrogens (tertiary/aromatic N) is 1. The molecule has 1 aliphatic carbocycles. The minimum atomic E-state index is -0.0206. The molecule has 1 fully saturated rings. The highest BCUT2D eigenvalue weighted by molar-refractivity contribution is 5.93. The van der Waals surface area contributed by atoms with Crippen LogP contribution in [-0.2, 0) is 11.3 Å². The molecule has 1 aliphatic rings. The molecule has 1 aromatic rings. The predicted molar refractivity (Wildman–Crippen MR) is 95.5 cm³/mol. The molecule has 0 saturated heterocycles. The number of rotatable bonds is 6. The van der Waals surface area contributed by atoms with E-state index < -0.39 is 0 Å². The van der Waals surface area contributed by atoms with Crippen LogP contribution in [-0.4, -0.2) is 37.4 Å². The van der Waals surface area contributed by atoms with Crippen molar-refractivity contribution in [1.82, 2.24) is 10.2 Å². The van der Waals surface area contributed by atoms with Gasteiger partial charge in [-0.1, -0.05) is 31.4 Å². The zero-order valence-electron chi connectivity index (χ0n) is 14.8. The van der Waals surface area contributed by atoms with Crippen molar-refractivity contribution in [2.75, 3.05) is 20.6 Å². The fourth-order valence-electron chi connectivity index (χ4n) is 3.38. The van der Waals surface area contributed by atoms with Gasteiger partial charge in [0, 0.05) is 32.6 Å². The van der Waals surface area contributed by atoms with Crippen LogP contribution in [0.25, 0.3) is 0 Å². The van der Waals surface area contributed by atoms with E-state index in [2.05, 4.69) is 5.32 Å². The van der Waals surface area contributed by atoms with E-state index in [0.717, 1.165) is 18.4 Å². The molecule has 132 valence electrons. The second kappa shape index (κ2) is 8.29. The highest BCUT2D eigenvalue weighted by atomic mass is 16.2. The average Bonchev–Trinajstić information content (AvgIpc) is 2.60. The number of hydrogen-bond acceptors (Lipinski definition) is 3. The summed E-state index contributed by atoms with van der Waals surface area (Å²) in [4.78, 5) is 25.7. The Hall–Kier alpha value is -1.88. The Morgan fingerprint density at radius 3 is 2.29 bits per heavy atom. The molecule has 1 aromatic carbocycles. The van der Waals surface area contributed by atoms with Crippen molar-refractivity contribution in [3.8, 4) is 0 Å². The van der Waals surface area contributed by atoms with E-state index >= 15 is 0 Å². The third-order valence-corrected chi connectivity index (χ3v) is 4.98. The molecule has 0 radical (unpaired) electrons. The number of hydrogen-bond donors (Lipinski definition) is 2. The first-order valence-corrected chi connectivity index (χ1v) is 8.73. The molecule has 3 N–H and O–H groups in total. The summed E-state index contributed by atoms with van der Waals surface area (Å²) in [6.45, 7) is 1.07. The molecule has 24 heavy (non-hydrogen) atoms. The van der Waals surface area contributed by atoms with Gasteiger partial charge < -0.3 is 16.0 Å². The minimum absolute atomic E-state index is 0.00960. The van der Waals surface area contributed by atoms with E-state index in [0.29, 0.717) is 25.1 Å². The largest absolute Gasteiger partial charge is 0.352 e. The Balaban J connectivity index is 1.86. The standard InChI is InChI=1S/C19H29N3O2/c1-22(2)18(24)16-8-6-15(7-9-16)13-21-17(23)12-19(14-20)10-4-3-5-11-19/h6-9H,3-5,10-14,20H2,1-2H3,(H,21,23). The lowest BCUT2D eigenvalue weighted by atomic mass is 9.71. The van der Waals surface area contributed by atoms with Gasteiger partial charge in [0.05, 0.1) is 0 Å². The lowest BCUT2D eigenvalue weighted by Gasteiger charge is -2.35. The van der Waals surface area contributed by atoms with E-state index in [9.17, 15) is 9.59 Å². The van der Waals surface area contributed by atoms with Crippen molar-refractivity contribution >= 4 is 11.8 Å². The van der Waals surface area contributed by atoms with Crippen LogP contribution < -0.4 is 11.1 Å². The number of carbonyl (C=O) groups is 2. The van der Waals surface area contributed by atoms with Crippen LogP contribution in [0.1, 0.15) is 54.4 Å². The molecule has 0 atom stereocenters. The summed E-state index contributed by atoms with van der Waals surface area (Å²) < 4.78 is 0. The van der Waals surface area contributed by atoms with Crippen LogP contribution in [0.3, 0.4) is 0 Å². The first-order valence-electron chi connectivity index (χ1n) is 8.73. The molecule has 5 nitrogen and oxygen atoms in total. The van der Waals surface area contributed by atoms with Gasteiger partial charge in [-0.3, -0.25) is 9.59 Å². The zero-order chi connectivity index (χ0) is 17.6. The van der Waals surface area contributed by atoms with Crippen LogP contribution in [0.5, 0.6) is 0 Å². The lowest BCUT2D eigenvalue weighted by Crippen LogP contribution is -2.38. The molecule has 0 aliphatic heterocycles. The molecular weight excluding hydrogens is 302 g/mol. The first-order chi connectivity index (χ1) is 11.5. The fraction of sp³-hybridized carbons (Fsp3) is 0.579. The smallest absolute Gasteiger partial charge is 0.253 e. The quantitative estimate of drug-likeness (QED) is 0.840. The Labute approximate surface area is 144 Å². The van der Waals surface area contributed by atoms with Gasteiger partial charge in [-0.25, -0.2) is 0 Å². The lowest BCUT2D eigenvalue weighted by molar-refractivity contribution is -0.124. The molecule has 0 bridgehead atoms. The van der Waals surface area contributed by atoms with Crippen LogP contribution in [0.15, 0.2) is 24.3 Å². The van der Waals surface area contributed by atoms with E-state index in [-0.39, 0.29) is 17.2 Å². The molecular formula is C19H29N3O2. The first kappa shape index (κ1) is 18.5. The van der Waals surface area contributed by atoms with Gasteiger partial charge >= 0.3 is 0 Å². The maximum atomic E-state index is 12.3. The average molecular weight is 331 g/mol. The summed E-state index contributed by atoms with van der Waals surface area (Å²) in [6.07, 6.45) is 6.22. The number of benzene rings is 1. The van der Waals surface area contributed by atoms with Crippen LogP contribution in [0.4, 0.5) is 0 Å². The fourth-order valence-corrected chi connectivity index (χ4v) is 3.38. The monoisotopic (exact) mass is 331 g/mol. The summed E-state index contributed by atoms with van der Waals surface area (Å²) in [6, 6.07) is 7.37. The maximum Gasteiger partial charge on any atom is 0.253 e. The predicted octanol–water partition coefficient (Wildman–Crippen LogP) is 2.30. The van der Waals surface area contributed by atoms with Gasteiger partial charge in [-0.05, 0) is 42.5 Å². The highest BCUT2D eigenvalue weighted by Gasteiger charge is 2.32. The molecule has 0 unspecified atom stereocenters. The molecule has 1 saturated carbocycles. The minimum Gasteiger partial charge on any atom is -0.352 e. The second-order valence-corrected chi connectivity index (χ2v) is 7.11. The highest BCUT2D eigenvalue weighted by Crippen LogP contribution is 2.38. The Morgan fingerprint density at radius 1 is 1.12 bits per heavy atom. The number of amides is 2. The molecule has 5 heteroatoms. The van der Waals surface area contributed by atoms with E-state index in [1.54, 1.807) is 31.1 Å². The van der Waals surface area contributed by atoms with Crippen LogP contribution >= 0.6 is 0 Å². The molecule has 2 amide bonds. The van der Waals surface area contributed by atoms with Crippen molar-refractivity contribution in [2.45, 2.75) is 45.1 Å². The van der Waals surface area contributed by atoms with Crippen molar-refractivity contribution < 1.29 is 9.59 Å². The number of nitrogens with two attached hydrogens (primary N) is 1. The van der Waals surface area contributed by atoms with Crippen molar-refractivity contribution in [2.24, 2.45) is 11.1 Å². The van der Waals surface area contributed by atoms with Crippen molar-refractivity contribution in [3.05, 3.63) is 35.4 Å². The third-order valence-electron chi connectivity index (χ3n) is 4.98. The summed E-state index contributed by atoms with van der Waals surface area (Å²) in [7, 11) is 3.46. The third kappa shape index (κ3) is 4.81. The van der Waals surface area contributed by atoms with E-state index in [4.69, 9.17) is 5.73 Å². The summed E-state index contributed by atoms with van der Waals surface area (Å²) in [5.74, 6) is 0.0450. The van der Waals surface area contributed by atoms with Crippen molar-refractivity contribution in [1.29, 1.82) is 0 Å². The SMILES string of the molecule is CN(C)C(=O)c1ccc(CNC(=O)CC2(CN)CCCCC2)cc1. The summed E-state index contributed by atoms with van der Waals surface area (Å²) in [5.41, 5.74) is 7.58. The number of nitrogens with one attached hydrogen (secondary N) is 1. The Bertz CT molecular complexity index is 560. The summed E-state index contributed by atoms with van der Waals surface area (Å²) in [5, 5.41) is 2.99. The topological polar surface area (TPSA) is 75.4 Å². The van der Waals surface area contributed by atoms with Crippen LogP contribution in [0.2, 0.25) is 0 Å². The Morgan fingerprint density at radius 2 is 1.75 bits per heavy atom. The molecule has 0 aromatic heterocycles. The van der Waals surface area contributed by atoms with Gasteiger partial charge in [-0.15, -0.1) is 0 Å². The molecule has 0 heterocycles. The van der Waals surface area contributed by atoms with Gasteiger partial charge in [-0.2, -0.15) is 0 Å². The van der Waals surface area contributed by atoms with Crippen LogP contribution in [0, 0.1) is 5.41 Å². The van der Waals surface area contributed by atoms with Gasteiger partial charge in [0.2, 0.25) is 5.91 Å².